The monoisotopic (exact) mass is 301 g/mol. The van der Waals surface area contributed by atoms with E-state index in [4.69, 9.17) is 5.11 Å². The zero-order valence-electron chi connectivity index (χ0n) is 9.66. The number of aliphatic hydroxyl groups excluding tert-OH is 1. The number of rotatable bonds is 5. The normalized spacial score (nSPS) is 12.3. The van der Waals surface area contributed by atoms with Gasteiger partial charge in [0.1, 0.15) is 5.75 Å². The van der Waals surface area contributed by atoms with Gasteiger partial charge in [0.25, 0.3) is 5.69 Å². The molecule has 5 nitrogen and oxygen atoms in total. The summed E-state index contributed by atoms with van der Waals surface area (Å²) >= 11 is 0. The fourth-order valence-corrected chi connectivity index (χ4v) is 1.19. The lowest BCUT2D eigenvalue weighted by Crippen LogP contribution is -2.41. The molecule has 0 atom stereocenters. The van der Waals surface area contributed by atoms with Crippen LogP contribution >= 0.6 is 0 Å². The van der Waals surface area contributed by atoms with Gasteiger partial charge >= 0.3 is 12.1 Å². The number of non-ortho nitro benzene ring substituents is 1. The molecule has 0 unspecified atom stereocenters. The van der Waals surface area contributed by atoms with Crippen LogP contribution < -0.4 is 4.74 Å². The van der Waals surface area contributed by atoms with Crippen molar-refractivity contribution in [2.24, 2.45) is 0 Å². The average Bonchev–Trinajstić information content (AvgIpc) is 2.34. The Kier molecular flexibility index (Phi) is 4.48. The average molecular weight is 301 g/mol. The molecule has 0 spiro atoms. The van der Waals surface area contributed by atoms with Crippen LogP contribution in [-0.4, -0.2) is 28.7 Å². The first-order chi connectivity index (χ1) is 9.08. The van der Waals surface area contributed by atoms with Crippen LogP contribution in [0.25, 0.3) is 0 Å². The molecule has 1 aromatic rings. The minimum absolute atomic E-state index is 0.267. The van der Waals surface area contributed by atoms with Crippen molar-refractivity contribution in [3.8, 4) is 5.75 Å². The molecule has 0 aliphatic rings. The molecule has 0 aromatic heterocycles. The van der Waals surface area contributed by atoms with Gasteiger partial charge in [0, 0.05) is 17.7 Å². The van der Waals surface area contributed by atoms with Gasteiger partial charge in [-0.25, -0.2) is 0 Å². The fourth-order valence-electron chi connectivity index (χ4n) is 1.19. The van der Waals surface area contributed by atoms with Gasteiger partial charge < -0.3 is 9.84 Å². The van der Waals surface area contributed by atoms with E-state index in [9.17, 15) is 32.1 Å². The number of alkyl halides is 5. The first-order valence-electron chi connectivity index (χ1n) is 5.04. The zero-order valence-corrected chi connectivity index (χ0v) is 9.66. The van der Waals surface area contributed by atoms with E-state index < -0.39 is 41.7 Å². The number of nitro groups is 1. The van der Waals surface area contributed by atoms with E-state index >= 15 is 0 Å². The first-order valence-corrected chi connectivity index (χ1v) is 5.04. The van der Waals surface area contributed by atoms with Crippen LogP contribution in [0.2, 0.25) is 0 Å². The third-order valence-electron chi connectivity index (χ3n) is 2.25. The molecule has 0 bridgehead atoms. The molecule has 1 N–H and O–H groups in total. The summed E-state index contributed by atoms with van der Waals surface area (Å²) in [5, 5.41) is 19.3. The van der Waals surface area contributed by atoms with Crippen molar-refractivity contribution >= 4 is 5.69 Å². The predicted octanol–water partition coefficient (Wildman–Crippen LogP) is 2.66. The van der Waals surface area contributed by atoms with Crippen molar-refractivity contribution in [3.63, 3.8) is 0 Å². The third kappa shape index (κ3) is 3.53. The second-order valence-electron chi connectivity index (χ2n) is 3.70. The number of aliphatic hydroxyl groups is 1. The lowest BCUT2D eigenvalue weighted by Gasteiger charge is -2.20. The molecule has 0 radical (unpaired) electrons. The second-order valence-corrected chi connectivity index (χ2v) is 3.70. The summed E-state index contributed by atoms with van der Waals surface area (Å²) in [5.74, 6) is -5.55. The highest BCUT2D eigenvalue weighted by Gasteiger charge is 2.58. The highest BCUT2D eigenvalue weighted by atomic mass is 19.4. The lowest BCUT2D eigenvalue weighted by molar-refractivity contribution is -0.385. The van der Waals surface area contributed by atoms with E-state index in [0.717, 1.165) is 18.2 Å². The van der Waals surface area contributed by atoms with Crippen LogP contribution in [0.4, 0.5) is 27.6 Å². The van der Waals surface area contributed by atoms with Gasteiger partial charge in [-0.1, -0.05) is 0 Å². The number of hydrogen-bond acceptors (Lipinski definition) is 4. The Morgan fingerprint density at radius 2 is 1.85 bits per heavy atom. The first kappa shape index (κ1) is 16.1. The van der Waals surface area contributed by atoms with Crippen LogP contribution in [-0.2, 0) is 6.61 Å². The summed E-state index contributed by atoms with van der Waals surface area (Å²) in [6.07, 6.45) is -5.77. The van der Waals surface area contributed by atoms with Gasteiger partial charge in [0.15, 0.2) is 6.61 Å². The molecule has 0 aliphatic carbocycles. The van der Waals surface area contributed by atoms with Gasteiger partial charge in [-0.3, -0.25) is 10.1 Å². The molecule has 0 saturated carbocycles. The van der Waals surface area contributed by atoms with Crippen LogP contribution in [0, 0.1) is 10.1 Å². The van der Waals surface area contributed by atoms with Crippen molar-refractivity contribution in [1.82, 2.24) is 0 Å². The highest BCUT2D eigenvalue weighted by molar-refractivity contribution is 5.43. The van der Waals surface area contributed by atoms with Crippen LogP contribution in [0.5, 0.6) is 5.75 Å². The Hall–Kier alpha value is -1.97. The number of nitro benzene ring substituents is 1. The van der Waals surface area contributed by atoms with Crippen molar-refractivity contribution < 1.29 is 36.7 Å². The summed E-state index contributed by atoms with van der Waals surface area (Å²) in [4.78, 5) is 9.63. The molecule has 10 heteroatoms. The highest BCUT2D eigenvalue weighted by Crippen LogP contribution is 2.36. The van der Waals surface area contributed by atoms with Gasteiger partial charge in [0.05, 0.1) is 11.5 Å². The minimum atomic E-state index is -5.77. The number of hydrogen-bond donors (Lipinski definition) is 1. The Morgan fingerprint density at radius 3 is 2.30 bits per heavy atom. The molecule has 112 valence electrons. The summed E-state index contributed by atoms with van der Waals surface area (Å²) in [6.45, 7) is -2.80. The van der Waals surface area contributed by atoms with E-state index in [1.165, 1.54) is 0 Å². The Morgan fingerprint density at radius 1 is 1.25 bits per heavy atom. The van der Waals surface area contributed by atoms with E-state index in [1.54, 1.807) is 0 Å². The van der Waals surface area contributed by atoms with E-state index in [0.29, 0.717) is 0 Å². The van der Waals surface area contributed by atoms with Gasteiger partial charge in [-0.2, -0.15) is 22.0 Å². The largest absolute Gasteiger partial charge is 0.487 e. The number of halogens is 5. The summed E-state index contributed by atoms with van der Waals surface area (Å²) in [7, 11) is 0. The van der Waals surface area contributed by atoms with Crippen molar-refractivity contribution in [1.29, 1.82) is 0 Å². The van der Waals surface area contributed by atoms with Crippen molar-refractivity contribution in [2.45, 2.75) is 18.7 Å². The topological polar surface area (TPSA) is 72.6 Å². The molecule has 0 saturated heterocycles. The summed E-state index contributed by atoms with van der Waals surface area (Å²) < 4.78 is 65.3. The van der Waals surface area contributed by atoms with E-state index in [-0.39, 0.29) is 5.56 Å². The van der Waals surface area contributed by atoms with Gasteiger partial charge in [-0.15, -0.1) is 0 Å². The van der Waals surface area contributed by atoms with Gasteiger partial charge in [-0.05, 0) is 6.07 Å². The molecule has 1 aromatic carbocycles. The smallest absolute Gasteiger partial charge is 0.456 e. The standard InChI is InChI=1S/C10H8F5NO4/c11-9(12,10(13,14)15)5-20-8-2-1-7(16(18)19)3-6(8)4-17/h1-3,17H,4-5H2. The Balaban J connectivity index is 2.91. The van der Waals surface area contributed by atoms with E-state index in [2.05, 4.69) is 4.74 Å². The van der Waals surface area contributed by atoms with Gasteiger partial charge in [0.2, 0.25) is 0 Å². The second kappa shape index (κ2) is 5.57. The maximum atomic E-state index is 12.6. The molecule has 20 heavy (non-hydrogen) atoms. The molecular formula is C10H8F5NO4. The van der Waals surface area contributed by atoms with Crippen LogP contribution in [0.1, 0.15) is 5.56 Å². The molecule has 0 aliphatic heterocycles. The third-order valence-corrected chi connectivity index (χ3v) is 2.25. The fraction of sp³-hybridized carbons (Fsp3) is 0.400. The van der Waals surface area contributed by atoms with Crippen LogP contribution in [0.15, 0.2) is 18.2 Å². The van der Waals surface area contributed by atoms with E-state index in [1.807, 2.05) is 0 Å². The zero-order chi connectivity index (χ0) is 15.6. The predicted molar refractivity (Wildman–Crippen MR) is 55.5 cm³/mol. The Bertz CT molecular complexity index is 503. The minimum Gasteiger partial charge on any atom is -0.487 e. The molecular weight excluding hydrogens is 293 g/mol. The van der Waals surface area contributed by atoms with Crippen molar-refractivity contribution in [3.05, 3.63) is 33.9 Å². The molecule has 0 amide bonds. The molecule has 0 heterocycles. The molecule has 1 rings (SSSR count). The summed E-state index contributed by atoms with van der Waals surface area (Å²) in [6, 6.07) is 2.53. The maximum absolute atomic E-state index is 12.6. The number of ether oxygens (including phenoxy) is 1. The number of benzene rings is 1. The summed E-state index contributed by atoms with van der Waals surface area (Å²) in [5.41, 5.74) is -0.721. The molecule has 0 fully saturated rings. The van der Waals surface area contributed by atoms with Crippen molar-refractivity contribution in [2.75, 3.05) is 6.61 Å². The van der Waals surface area contributed by atoms with Crippen LogP contribution in [0.3, 0.4) is 0 Å². The number of nitrogens with zero attached hydrogens (tertiary/aromatic N) is 1. The quantitative estimate of drug-likeness (QED) is 0.515. The Labute approximate surface area is 108 Å². The SMILES string of the molecule is O=[N+]([O-])c1ccc(OCC(F)(F)C(F)(F)F)c(CO)c1. The maximum Gasteiger partial charge on any atom is 0.456 e. The lowest BCUT2D eigenvalue weighted by atomic mass is 10.2.